The first-order valence-corrected chi connectivity index (χ1v) is 8.56. The van der Waals surface area contributed by atoms with E-state index >= 15 is 0 Å². The largest absolute Gasteiger partial charge is 0.355 e. The zero-order valence-corrected chi connectivity index (χ0v) is 13.0. The number of hydrogen-bond acceptors (Lipinski definition) is 4. The zero-order chi connectivity index (χ0) is 15.5. The molecule has 1 amide bonds. The SMILES string of the molecule is NCc1ccc(S(=O)(=O)NCCNC(=O)C2CC2)cc1Cl. The van der Waals surface area contributed by atoms with E-state index in [4.69, 9.17) is 17.3 Å². The lowest BCUT2D eigenvalue weighted by atomic mass is 10.2. The average Bonchev–Trinajstić information content (AvgIpc) is 3.28. The van der Waals surface area contributed by atoms with Crippen LogP contribution in [0.4, 0.5) is 0 Å². The van der Waals surface area contributed by atoms with E-state index in [-0.39, 0.29) is 36.4 Å². The number of amides is 1. The summed E-state index contributed by atoms with van der Waals surface area (Å²) in [5.74, 6) is 0.105. The third kappa shape index (κ3) is 4.41. The Morgan fingerprint density at radius 2 is 2.05 bits per heavy atom. The molecule has 1 saturated carbocycles. The van der Waals surface area contributed by atoms with Gasteiger partial charge < -0.3 is 11.1 Å². The molecule has 0 unspecified atom stereocenters. The Morgan fingerprint density at radius 3 is 2.62 bits per heavy atom. The molecular formula is C13H18ClN3O3S. The number of carbonyl (C=O) groups excluding carboxylic acids is 1. The smallest absolute Gasteiger partial charge is 0.240 e. The van der Waals surface area contributed by atoms with Crippen molar-refractivity contribution in [2.24, 2.45) is 11.7 Å². The van der Waals surface area contributed by atoms with Gasteiger partial charge in [0.05, 0.1) is 4.90 Å². The standard InChI is InChI=1S/C13H18ClN3O3S/c14-12-7-11(4-3-10(12)8-15)21(19,20)17-6-5-16-13(18)9-1-2-9/h3-4,7,9,17H,1-2,5-6,8,15H2,(H,16,18). The minimum atomic E-state index is -3.64. The molecule has 0 radical (unpaired) electrons. The summed E-state index contributed by atoms with van der Waals surface area (Å²) in [4.78, 5) is 11.5. The second-order valence-electron chi connectivity index (χ2n) is 4.92. The molecule has 0 spiro atoms. The zero-order valence-electron chi connectivity index (χ0n) is 11.4. The summed E-state index contributed by atoms with van der Waals surface area (Å²) in [5.41, 5.74) is 6.16. The molecule has 1 aliphatic rings. The highest BCUT2D eigenvalue weighted by atomic mass is 35.5. The molecule has 21 heavy (non-hydrogen) atoms. The number of halogens is 1. The van der Waals surface area contributed by atoms with Crippen LogP contribution >= 0.6 is 11.6 Å². The summed E-state index contributed by atoms with van der Waals surface area (Å²) < 4.78 is 26.5. The van der Waals surface area contributed by atoms with E-state index in [1.54, 1.807) is 6.07 Å². The average molecular weight is 332 g/mol. The molecular weight excluding hydrogens is 314 g/mol. The van der Waals surface area contributed by atoms with Crippen LogP contribution < -0.4 is 15.8 Å². The quantitative estimate of drug-likeness (QED) is 0.637. The summed E-state index contributed by atoms with van der Waals surface area (Å²) in [6.07, 6.45) is 1.84. The van der Waals surface area contributed by atoms with Crippen molar-refractivity contribution in [3.05, 3.63) is 28.8 Å². The number of hydrogen-bond donors (Lipinski definition) is 3. The third-order valence-electron chi connectivity index (χ3n) is 3.22. The summed E-state index contributed by atoms with van der Waals surface area (Å²) in [7, 11) is -3.64. The molecule has 0 aliphatic heterocycles. The maximum absolute atomic E-state index is 12.1. The van der Waals surface area contributed by atoms with Gasteiger partial charge in [0.15, 0.2) is 0 Å². The molecule has 0 bridgehead atoms. The van der Waals surface area contributed by atoms with Crippen molar-refractivity contribution in [3.63, 3.8) is 0 Å². The number of sulfonamides is 1. The lowest BCUT2D eigenvalue weighted by Crippen LogP contribution is -2.35. The maximum atomic E-state index is 12.1. The van der Waals surface area contributed by atoms with Crippen LogP contribution in [0.3, 0.4) is 0 Å². The van der Waals surface area contributed by atoms with E-state index in [0.29, 0.717) is 10.6 Å². The summed E-state index contributed by atoms with van der Waals surface area (Å²) in [6, 6.07) is 4.42. The Kier molecular flexibility index (Phi) is 5.21. The number of rotatable bonds is 7. The predicted molar refractivity (Wildman–Crippen MR) is 80.3 cm³/mol. The second kappa shape index (κ2) is 6.74. The van der Waals surface area contributed by atoms with E-state index < -0.39 is 10.0 Å². The molecule has 4 N–H and O–H groups in total. The maximum Gasteiger partial charge on any atom is 0.240 e. The number of carbonyl (C=O) groups is 1. The van der Waals surface area contributed by atoms with E-state index in [9.17, 15) is 13.2 Å². The Balaban J connectivity index is 1.88. The Labute approximate surface area is 129 Å². The van der Waals surface area contributed by atoms with Gasteiger partial charge in [0, 0.05) is 30.6 Å². The normalized spacial score (nSPS) is 15.0. The molecule has 6 nitrogen and oxygen atoms in total. The van der Waals surface area contributed by atoms with Crippen LogP contribution in [0.15, 0.2) is 23.1 Å². The van der Waals surface area contributed by atoms with Crippen molar-refractivity contribution in [1.82, 2.24) is 10.0 Å². The van der Waals surface area contributed by atoms with Gasteiger partial charge in [0.1, 0.15) is 0 Å². The van der Waals surface area contributed by atoms with Crippen LogP contribution in [0.1, 0.15) is 18.4 Å². The number of nitrogens with two attached hydrogens (primary N) is 1. The van der Waals surface area contributed by atoms with Gasteiger partial charge in [-0.2, -0.15) is 0 Å². The van der Waals surface area contributed by atoms with Crippen LogP contribution in [0, 0.1) is 5.92 Å². The van der Waals surface area contributed by atoms with Gasteiger partial charge in [-0.05, 0) is 30.5 Å². The predicted octanol–water partition coefficient (Wildman–Crippen LogP) is 0.603. The fourth-order valence-electron chi connectivity index (χ4n) is 1.81. The monoisotopic (exact) mass is 331 g/mol. The van der Waals surface area contributed by atoms with E-state index in [2.05, 4.69) is 10.0 Å². The second-order valence-corrected chi connectivity index (χ2v) is 7.09. The highest BCUT2D eigenvalue weighted by Crippen LogP contribution is 2.28. The summed E-state index contributed by atoms with van der Waals surface area (Å²) in [6.45, 7) is 0.653. The van der Waals surface area contributed by atoms with Crippen LogP contribution in [0.5, 0.6) is 0 Å². The molecule has 8 heteroatoms. The highest BCUT2D eigenvalue weighted by Gasteiger charge is 2.29. The Bertz CT molecular complexity index is 630. The van der Waals surface area contributed by atoms with Crippen molar-refractivity contribution in [2.75, 3.05) is 13.1 Å². The van der Waals surface area contributed by atoms with E-state index in [1.165, 1.54) is 12.1 Å². The number of nitrogens with one attached hydrogen (secondary N) is 2. The van der Waals surface area contributed by atoms with Gasteiger partial charge in [-0.25, -0.2) is 13.1 Å². The molecule has 0 heterocycles. The van der Waals surface area contributed by atoms with Crippen LogP contribution in [0.25, 0.3) is 0 Å². The fourth-order valence-corrected chi connectivity index (χ4v) is 3.19. The molecule has 0 saturated heterocycles. The molecule has 1 aliphatic carbocycles. The Hall–Kier alpha value is -1.15. The molecule has 0 aromatic heterocycles. The van der Waals surface area contributed by atoms with Crippen molar-refractivity contribution in [1.29, 1.82) is 0 Å². The first kappa shape index (κ1) is 16.2. The first-order valence-electron chi connectivity index (χ1n) is 6.70. The Morgan fingerprint density at radius 1 is 1.33 bits per heavy atom. The highest BCUT2D eigenvalue weighted by molar-refractivity contribution is 7.89. The molecule has 1 aromatic carbocycles. The lowest BCUT2D eigenvalue weighted by molar-refractivity contribution is -0.122. The van der Waals surface area contributed by atoms with E-state index in [1.807, 2.05) is 0 Å². The van der Waals surface area contributed by atoms with Crippen molar-refractivity contribution in [3.8, 4) is 0 Å². The van der Waals surface area contributed by atoms with Gasteiger partial charge >= 0.3 is 0 Å². The topological polar surface area (TPSA) is 101 Å². The summed E-state index contributed by atoms with van der Waals surface area (Å²) >= 11 is 5.95. The lowest BCUT2D eigenvalue weighted by Gasteiger charge is -2.09. The molecule has 0 atom stereocenters. The molecule has 1 aromatic rings. The van der Waals surface area contributed by atoms with Gasteiger partial charge in [0.25, 0.3) is 0 Å². The third-order valence-corrected chi connectivity index (χ3v) is 5.03. The number of benzene rings is 1. The molecule has 1 fully saturated rings. The van der Waals surface area contributed by atoms with Gasteiger partial charge in [0.2, 0.25) is 15.9 Å². The van der Waals surface area contributed by atoms with Crippen molar-refractivity contribution < 1.29 is 13.2 Å². The van der Waals surface area contributed by atoms with Crippen LogP contribution in [-0.4, -0.2) is 27.4 Å². The fraction of sp³-hybridized carbons (Fsp3) is 0.462. The van der Waals surface area contributed by atoms with Crippen molar-refractivity contribution >= 4 is 27.5 Å². The minimum absolute atomic E-state index is 0.00968. The first-order chi connectivity index (χ1) is 9.94. The van der Waals surface area contributed by atoms with Gasteiger partial charge in [-0.3, -0.25) is 4.79 Å². The van der Waals surface area contributed by atoms with E-state index in [0.717, 1.165) is 12.8 Å². The van der Waals surface area contributed by atoms with Crippen LogP contribution in [-0.2, 0) is 21.4 Å². The van der Waals surface area contributed by atoms with Gasteiger partial charge in [-0.15, -0.1) is 0 Å². The minimum Gasteiger partial charge on any atom is -0.355 e. The van der Waals surface area contributed by atoms with Gasteiger partial charge in [-0.1, -0.05) is 17.7 Å². The summed E-state index contributed by atoms with van der Waals surface area (Å²) in [5, 5.41) is 3.01. The van der Waals surface area contributed by atoms with Crippen molar-refractivity contribution in [2.45, 2.75) is 24.3 Å². The molecule has 2 rings (SSSR count). The van der Waals surface area contributed by atoms with Crippen LogP contribution in [0.2, 0.25) is 5.02 Å². The molecule has 116 valence electrons.